The minimum Gasteiger partial charge on any atom is -0.383 e. The van der Waals surface area contributed by atoms with Gasteiger partial charge in [-0.15, -0.1) is 0 Å². The number of carbonyl (C=O) groups is 1. The summed E-state index contributed by atoms with van der Waals surface area (Å²) in [6.45, 7) is 10.6. The molecule has 1 aliphatic heterocycles. The number of anilines is 4. The molecule has 0 spiro atoms. The van der Waals surface area contributed by atoms with Gasteiger partial charge in [-0.05, 0) is 50.6 Å². The molecule has 166 valence electrons. The van der Waals surface area contributed by atoms with Crippen molar-refractivity contribution in [1.82, 2.24) is 14.9 Å². The van der Waals surface area contributed by atoms with Gasteiger partial charge in [0, 0.05) is 55.4 Å². The van der Waals surface area contributed by atoms with Gasteiger partial charge < -0.3 is 16.0 Å². The quantitative estimate of drug-likeness (QED) is 0.574. The van der Waals surface area contributed by atoms with Crippen molar-refractivity contribution in [3.8, 4) is 0 Å². The molecule has 0 amide bonds. The molecule has 4 rings (SSSR count). The average Bonchev–Trinajstić information content (AvgIpc) is 2.80. The van der Waals surface area contributed by atoms with Crippen molar-refractivity contribution in [1.29, 1.82) is 0 Å². The molecule has 1 aromatic heterocycles. The number of nitrogens with two attached hydrogens (primary N) is 1. The van der Waals surface area contributed by atoms with Crippen molar-refractivity contribution < 1.29 is 4.79 Å². The van der Waals surface area contributed by atoms with Crippen molar-refractivity contribution in [2.24, 2.45) is 0 Å². The van der Waals surface area contributed by atoms with E-state index in [0.29, 0.717) is 23.1 Å². The van der Waals surface area contributed by atoms with E-state index < -0.39 is 0 Å². The molecule has 0 radical (unpaired) electrons. The number of ketones is 1. The standard InChI is InChI=1S/C25H30N6O/c1-17(2)30-12-14-31(15-13-30)20-10-8-19(9-11-20)28-25-27-16-22(24(26)29-25)23(32)21-7-5-4-6-18(21)3/h4-11,16-17H,12-15H2,1-3H3,(H3,26,27,28,29). The minimum atomic E-state index is -0.172. The Kier molecular flexibility index (Phi) is 6.37. The van der Waals surface area contributed by atoms with Crippen LogP contribution in [0.3, 0.4) is 0 Å². The number of rotatable bonds is 6. The number of hydrogen-bond acceptors (Lipinski definition) is 7. The highest BCUT2D eigenvalue weighted by Crippen LogP contribution is 2.23. The summed E-state index contributed by atoms with van der Waals surface area (Å²) in [5.41, 5.74) is 9.97. The maximum absolute atomic E-state index is 12.8. The van der Waals surface area contributed by atoms with E-state index in [1.165, 1.54) is 11.9 Å². The number of nitrogens with zero attached hydrogens (tertiary/aromatic N) is 4. The summed E-state index contributed by atoms with van der Waals surface area (Å²) in [5, 5.41) is 3.17. The summed E-state index contributed by atoms with van der Waals surface area (Å²) >= 11 is 0. The molecule has 7 heteroatoms. The Morgan fingerprint density at radius 1 is 1.00 bits per heavy atom. The molecule has 7 nitrogen and oxygen atoms in total. The lowest BCUT2D eigenvalue weighted by Gasteiger charge is -2.38. The second-order valence-electron chi connectivity index (χ2n) is 8.43. The van der Waals surface area contributed by atoms with Crippen LogP contribution in [0.4, 0.5) is 23.1 Å². The molecular formula is C25H30N6O. The third-order valence-electron chi connectivity index (χ3n) is 5.99. The van der Waals surface area contributed by atoms with Crippen LogP contribution in [0.1, 0.15) is 35.3 Å². The van der Waals surface area contributed by atoms with Crippen molar-refractivity contribution >= 4 is 28.9 Å². The van der Waals surface area contributed by atoms with E-state index in [0.717, 1.165) is 37.4 Å². The lowest BCUT2D eigenvalue weighted by atomic mass is 10.0. The van der Waals surface area contributed by atoms with Gasteiger partial charge in [0.15, 0.2) is 5.78 Å². The van der Waals surface area contributed by atoms with Crippen LogP contribution in [-0.2, 0) is 0 Å². The fourth-order valence-corrected chi connectivity index (χ4v) is 3.98. The van der Waals surface area contributed by atoms with Crippen LogP contribution >= 0.6 is 0 Å². The van der Waals surface area contributed by atoms with Crippen molar-refractivity contribution in [3.63, 3.8) is 0 Å². The van der Waals surface area contributed by atoms with Gasteiger partial charge in [0.1, 0.15) is 5.82 Å². The highest BCUT2D eigenvalue weighted by atomic mass is 16.1. The number of aromatic nitrogens is 2. The summed E-state index contributed by atoms with van der Waals surface area (Å²) in [4.78, 5) is 26.3. The molecule has 0 saturated carbocycles. The predicted octanol–water partition coefficient (Wildman–Crippen LogP) is 3.87. The zero-order valence-electron chi connectivity index (χ0n) is 18.9. The van der Waals surface area contributed by atoms with E-state index in [-0.39, 0.29) is 11.6 Å². The first kappa shape index (κ1) is 21.8. The molecule has 1 aliphatic rings. The van der Waals surface area contributed by atoms with Gasteiger partial charge in [0.05, 0.1) is 5.56 Å². The molecule has 1 saturated heterocycles. The Hall–Kier alpha value is -3.45. The molecule has 3 aromatic rings. The highest BCUT2D eigenvalue weighted by molar-refractivity contribution is 6.12. The van der Waals surface area contributed by atoms with Gasteiger partial charge in [-0.25, -0.2) is 4.98 Å². The van der Waals surface area contributed by atoms with Gasteiger partial charge in [-0.3, -0.25) is 9.69 Å². The lowest BCUT2D eigenvalue weighted by molar-refractivity contribution is 0.103. The first-order valence-electron chi connectivity index (χ1n) is 11.0. The number of carbonyl (C=O) groups excluding carboxylic acids is 1. The van der Waals surface area contributed by atoms with Crippen molar-refractivity contribution in [2.75, 3.05) is 42.1 Å². The first-order valence-corrected chi connectivity index (χ1v) is 11.0. The van der Waals surface area contributed by atoms with Gasteiger partial charge >= 0.3 is 0 Å². The fourth-order valence-electron chi connectivity index (χ4n) is 3.98. The largest absolute Gasteiger partial charge is 0.383 e. The van der Waals surface area contributed by atoms with Crippen LogP contribution < -0.4 is 16.0 Å². The second-order valence-corrected chi connectivity index (χ2v) is 8.43. The Labute approximate surface area is 189 Å². The van der Waals surface area contributed by atoms with Crippen LogP contribution in [0.25, 0.3) is 0 Å². The van der Waals surface area contributed by atoms with E-state index in [9.17, 15) is 4.79 Å². The average molecular weight is 431 g/mol. The SMILES string of the molecule is Cc1ccccc1C(=O)c1cnc(Nc2ccc(N3CCN(C(C)C)CC3)cc2)nc1N. The van der Waals surface area contributed by atoms with Gasteiger partial charge in [-0.1, -0.05) is 24.3 Å². The van der Waals surface area contributed by atoms with E-state index in [1.54, 1.807) is 6.07 Å². The summed E-state index contributed by atoms with van der Waals surface area (Å²) in [6.07, 6.45) is 1.49. The smallest absolute Gasteiger partial charge is 0.229 e. The number of benzene rings is 2. The zero-order chi connectivity index (χ0) is 22.7. The fraction of sp³-hybridized carbons (Fsp3) is 0.320. The summed E-state index contributed by atoms with van der Waals surface area (Å²) in [7, 11) is 0. The normalized spacial score (nSPS) is 14.6. The van der Waals surface area contributed by atoms with E-state index in [1.807, 2.05) is 37.3 Å². The third kappa shape index (κ3) is 4.73. The molecular weight excluding hydrogens is 400 g/mol. The molecule has 1 fully saturated rings. The van der Waals surface area contributed by atoms with E-state index in [2.05, 4.69) is 51.1 Å². The highest BCUT2D eigenvalue weighted by Gasteiger charge is 2.19. The topological polar surface area (TPSA) is 87.4 Å². The number of aryl methyl sites for hydroxylation is 1. The lowest BCUT2D eigenvalue weighted by Crippen LogP contribution is -2.48. The zero-order valence-corrected chi connectivity index (χ0v) is 18.9. The molecule has 32 heavy (non-hydrogen) atoms. The van der Waals surface area contributed by atoms with Crippen LogP contribution in [0.5, 0.6) is 0 Å². The Balaban J connectivity index is 1.42. The molecule has 2 aromatic carbocycles. The van der Waals surface area contributed by atoms with E-state index in [4.69, 9.17) is 5.73 Å². The summed E-state index contributed by atoms with van der Waals surface area (Å²) in [6, 6.07) is 16.2. The predicted molar refractivity (Wildman–Crippen MR) is 130 cm³/mol. The molecule has 2 heterocycles. The molecule has 3 N–H and O–H groups in total. The Morgan fingerprint density at radius 2 is 1.69 bits per heavy atom. The summed E-state index contributed by atoms with van der Waals surface area (Å²) < 4.78 is 0. The van der Waals surface area contributed by atoms with Gasteiger partial charge in [0.2, 0.25) is 5.95 Å². The number of piperazine rings is 1. The number of hydrogen-bond donors (Lipinski definition) is 2. The Bertz CT molecular complexity index is 1090. The van der Waals surface area contributed by atoms with Crippen LogP contribution in [0.15, 0.2) is 54.7 Å². The van der Waals surface area contributed by atoms with Crippen molar-refractivity contribution in [2.45, 2.75) is 26.8 Å². The van der Waals surface area contributed by atoms with Crippen LogP contribution in [0.2, 0.25) is 0 Å². The maximum Gasteiger partial charge on any atom is 0.229 e. The van der Waals surface area contributed by atoms with Gasteiger partial charge in [-0.2, -0.15) is 4.98 Å². The first-order chi connectivity index (χ1) is 15.4. The molecule has 0 bridgehead atoms. The molecule has 0 atom stereocenters. The van der Waals surface area contributed by atoms with Crippen LogP contribution in [-0.4, -0.2) is 52.9 Å². The Morgan fingerprint density at radius 3 is 2.31 bits per heavy atom. The second kappa shape index (κ2) is 9.36. The minimum absolute atomic E-state index is 0.162. The number of nitrogen functional groups attached to an aromatic ring is 1. The molecule has 0 aliphatic carbocycles. The number of nitrogens with one attached hydrogen (secondary N) is 1. The maximum atomic E-state index is 12.8. The van der Waals surface area contributed by atoms with Gasteiger partial charge in [0.25, 0.3) is 0 Å². The molecule has 0 unspecified atom stereocenters. The van der Waals surface area contributed by atoms with Crippen molar-refractivity contribution in [3.05, 3.63) is 71.4 Å². The summed E-state index contributed by atoms with van der Waals surface area (Å²) in [5.74, 6) is 0.353. The third-order valence-corrected chi connectivity index (χ3v) is 5.99. The van der Waals surface area contributed by atoms with Crippen LogP contribution in [0, 0.1) is 6.92 Å². The monoisotopic (exact) mass is 430 g/mol. The van der Waals surface area contributed by atoms with E-state index >= 15 is 0 Å².